The first-order valence-electron chi connectivity index (χ1n) is 5.65. The lowest BCUT2D eigenvalue weighted by Crippen LogP contribution is -2.46. The number of nitrogens with two attached hydrogens (primary N) is 1. The maximum Gasteiger partial charge on any atom is 0.243 e. The number of nitrogens with one attached hydrogen (secondary N) is 1. The first-order chi connectivity index (χ1) is 8.82. The van der Waals surface area contributed by atoms with Crippen molar-refractivity contribution in [3.8, 4) is 0 Å². The van der Waals surface area contributed by atoms with Crippen LogP contribution in [0.4, 0.5) is 0 Å². The zero-order valence-corrected chi connectivity index (χ0v) is 13.0. The molecule has 1 aromatic carbocycles. The summed E-state index contributed by atoms with van der Waals surface area (Å²) >= 11 is 0. The molecular weight excluding hydrogens is 326 g/mol. The Kier molecular flexibility index (Phi) is 5.53. The second-order valence-corrected chi connectivity index (χ2v) is 7.67. The van der Waals surface area contributed by atoms with Crippen molar-refractivity contribution in [1.82, 2.24) is 9.62 Å². The zero-order valence-electron chi connectivity index (χ0n) is 10.5. The van der Waals surface area contributed by atoms with E-state index in [1.54, 1.807) is 0 Å². The molecule has 0 aliphatic carbocycles. The van der Waals surface area contributed by atoms with Crippen molar-refractivity contribution in [2.24, 2.45) is 5.14 Å². The summed E-state index contributed by atoms with van der Waals surface area (Å²) in [7, 11) is -7.37. The van der Waals surface area contributed by atoms with E-state index < -0.39 is 20.0 Å². The number of piperazine rings is 1. The van der Waals surface area contributed by atoms with Gasteiger partial charge in [0.1, 0.15) is 0 Å². The number of hydrogen-bond acceptors (Lipinski definition) is 5. The molecule has 1 aromatic rings. The van der Waals surface area contributed by atoms with Crippen LogP contribution >= 0.6 is 12.4 Å². The number of hydrogen-bond donors (Lipinski definition) is 2. The first-order valence-corrected chi connectivity index (χ1v) is 8.64. The number of rotatable bonds is 3. The number of benzene rings is 1. The van der Waals surface area contributed by atoms with Gasteiger partial charge >= 0.3 is 0 Å². The summed E-state index contributed by atoms with van der Waals surface area (Å²) in [5, 5.41) is 8.03. The normalized spacial score (nSPS) is 17.4. The standard InChI is InChI=1S/C10H15N3O4S2.ClH/c11-18(14,15)9-1-3-10(4-2-9)19(16,17)13-7-5-12-6-8-13;/h1-4,12H,5-8H2,(H2,11,14,15);1H. The van der Waals surface area contributed by atoms with Crippen LogP contribution in [0.5, 0.6) is 0 Å². The molecule has 1 heterocycles. The van der Waals surface area contributed by atoms with Crippen LogP contribution in [-0.4, -0.2) is 47.3 Å². The van der Waals surface area contributed by atoms with Gasteiger partial charge in [0.2, 0.25) is 20.0 Å². The van der Waals surface area contributed by atoms with E-state index in [0.717, 1.165) is 0 Å². The fourth-order valence-corrected chi connectivity index (χ4v) is 3.79. The molecule has 7 nitrogen and oxygen atoms in total. The van der Waals surface area contributed by atoms with Gasteiger partial charge in [-0.1, -0.05) is 0 Å². The Balaban J connectivity index is 0.00000200. The highest BCUT2D eigenvalue weighted by Gasteiger charge is 2.25. The number of sulfonamides is 2. The summed E-state index contributed by atoms with van der Waals surface area (Å²) in [5.41, 5.74) is 0. The largest absolute Gasteiger partial charge is 0.314 e. The third kappa shape index (κ3) is 3.68. The Morgan fingerprint density at radius 1 is 0.950 bits per heavy atom. The van der Waals surface area contributed by atoms with Crippen molar-refractivity contribution in [3.63, 3.8) is 0 Å². The Morgan fingerprint density at radius 3 is 1.85 bits per heavy atom. The van der Waals surface area contributed by atoms with Crippen molar-refractivity contribution in [2.45, 2.75) is 9.79 Å². The van der Waals surface area contributed by atoms with Gasteiger partial charge in [-0.3, -0.25) is 0 Å². The van der Waals surface area contributed by atoms with E-state index in [1.807, 2.05) is 0 Å². The summed E-state index contributed by atoms with van der Waals surface area (Å²) in [6.45, 7) is 2.02. The second-order valence-electron chi connectivity index (χ2n) is 4.17. The van der Waals surface area contributed by atoms with Crippen LogP contribution in [0.2, 0.25) is 0 Å². The predicted molar refractivity (Wildman–Crippen MR) is 76.7 cm³/mol. The molecule has 0 amide bonds. The molecule has 2 rings (SSSR count). The van der Waals surface area contributed by atoms with E-state index in [-0.39, 0.29) is 22.2 Å². The maximum absolute atomic E-state index is 12.3. The topological polar surface area (TPSA) is 110 Å². The molecule has 0 spiro atoms. The van der Waals surface area contributed by atoms with Gasteiger partial charge in [-0.2, -0.15) is 4.31 Å². The Bertz CT molecular complexity index is 652. The molecule has 0 radical (unpaired) electrons. The van der Waals surface area contributed by atoms with Crippen LogP contribution in [-0.2, 0) is 20.0 Å². The van der Waals surface area contributed by atoms with Crippen LogP contribution in [0.15, 0.2) is 34.1 Å². The van der Waals surface area contributed by atoms with Crippen molar-refractivity contribution in [2.75, 3.05) is 26.2 Å². The molecule has 1 aliphatic rings. The van der Waals surface area contributed by atoms with Crippen molar-refractivity contribution in [1.29, 1.82) is 0 Å². The van der Waals surface area contributed by atoms with Gasteiger partial charge < -0.3 is 5.32 Å². The molecule has 1 fully saturated rings. The summed E-state index contributed by atoms with van der Waals surface area (Å²) in [5.74, 6) is 0. The third-order valence-electron chi connectivity index (χ3n) is 2.87. The van der Waals surface area contributed by atoms with E-state index in [4.69, 9.17) is 5.14 Å². The summed E-state index contributed by atoms with van der Waals surface area (Å²) < 4.78 is 48.1. The summed E-state index contributed by atoms with van der Waals surface area (Å²) in [6, 6.07) is 4.92. The van der Waals surface area contributed by atoms with Crippen molar-refractivity contribution >= 4 is 32.5 Å². The van der Waals surface area contributed by atoms with Gasteiger partial charge in [0.25, 0.3) is 0 Å². The molecule has 114 valence electrons. The van der Waals surface area contributed by atoms with E-state index >= 15 is 0 Å². The second kappa shape index (κ2) is 6.37. The van der Waals surface area contributed by atoms with Gasteiger partial charge in [-0.15, -0.1) is 12.4 Å². The Hall–Kier alpha value is -0.710. The highest BCUT2D eigenvalue weighted by molar-refractivity contribution is 7.89. The fourth-order valence-electron chi connectivity index (χ4n) is 1.84. The van der Waals surface area contributed by atoms with Crippen molar-refractivity contribution in [3.05, 3.63) is 24.3 Å². The SMILES string of the molecule is Cl.NS(=O)(=O)c1ccc(S(=O)(=O)N2CCNCC2)cc1. The molecule has 20 heavy (non-hydrogen) atoms. The van der Waals surface area contributed by atoms with Gasteiger partial charge in [0.05, 0.1) is 9.79 Å². The lowest BCUT2D eigenvalue weighted by molar-refractivity contribution is 0.360. The molecule has 0 aromatic heterocycles. The number of nitrogens with zero attached hydrogens (tertiary/aromatic N) is 1. The lowest BCUT2D eigenvalue weighted by Gasteiger charge is -2.26. The summed E-state index contributed by atoms with van der Waals surface area (Å²) in [6.07, 6.45) is 0. The lowest BCUT2D eigenvalue weighted by atomic mass is 10.4. The number of halogens is 1. The third-order valence-corrected chi connectivity index (χ3v) is 5.71. The zero-order chi connectivity index (χ0) is 14.1. The van der Waals surface area contributed by atoms with E-state index in [1.165, 1.54) is 28.6 Å². The van der Waals surface area contributed by atoms with Crippen LogP contribution in [0.1, 0.15) is 0 Å². The smallest absolute Gasteiger partial charge is 0.243 e. The highest BCUT2D eigenvalue weighted by Crippen LogP contribution is 2.18. The molecule has 0 atom stereocenters. The highest BCUT2D eigenvalue weighted by atomic mass is 35.5. The van der Waals surface area contributed by atoms with E-state index in [2.05, 4.69) is 5.32 Å². The van der Waals surface area contributed by atoms with Crippen LogP contribution in [0.25, 0.3) is 0 Å². The average molecular weight is 342 g/mol. The minimum absolute atomic E-state index is 0. The van der Waals surface area contributed by atoms with E-state index in [9.17, 15) is 16.8 Å². The minimum atomic E-state index is -3.81. The number of primary sulfonamides is 1. The fraction of sp³-hybridized carbons (Fsp3) is 0.400. The van der Waals surface area contributed by atoms with Gasteiger partial charge in [0, 0.05) is 26.2 Å². The monoisotopic (exact) mass is 341 g/mol. The maximum atomic E-state index is 12.3. The summed E-state index contributed by atoms with van der Waals surface area (Å²) in [4.78, 5) is -0.0337. The first kappa shape index (κ1) is 17.3. The Labute approximate surface area is 124 Å². The molecular formula is C10H16ClN3O4S2. The van der Waals surface area contributed by atoms with Crippen LogP contribution in [0, 0.1) is 0 Å². The van der Waals surface area contributed by atoms with Crippen molar-refractivity contribution < 1.29 is 16.8 Å². The Morgan fingerprint density at radius 2 is 1.40 bits per heavy atom. The molecule has 1 saturated heterocycles. The minimum Gasteiger partial charge on any atom is -0.314 e. The molecule has 10 heteroatoms. The van der Waals surface area contributed by atoms with E-state index in [0.29, 0.717) is 26.2 Å². The van der Waals surface area contributed by atoms with Gasteiger partial charge in [-0.25, -0.2) is 22.0 Å². The molecule has 1 aliphatic heterocycles. The molecule has 0 unspecified atom stereocenters. The predicted octanol–water partition coefficient (Wildman–Crippen LogP) is -0.650. The van der Waals surface area contributed by atoms with Gasteiger partial charge in [-0.05, 0) is 24.3 Å². The molecule has 0 bridgehead atoms. The van der Waals surface area contributed by atoms with Gasteiger partial charge in [0.15, 0.2) is 0 Å². The molecule has 0 saturated carbocycles. The quantitative estimate of drug-likeness (QED) is 0.759. The molecule has 3 N–H and O–H groups in total. The van der Waals surface area contributed by atoms with Crippen LogP contribution in [0.3, 0.4) is 0 Å². The van der Waals surface area contributed by atoms with Crippen LogP contribution < -0.4 is 10.5 Å². The average Bonchev–Trinajstić information content (AvgIpc) is 2.39.